The van der Waals surface area contributed by atoms with Crippen LogP contribution in [0.4, 0.5) is 5.82 Å². The lowest BCUT2D eigenvalue weighted by atomic mass is 10.1. The summed E-state index contributed by atoms with van der Waals surface area (Å²) < 4.78 is 16.1. The molecule has 0 saturated carbocycles. The van der Waals surface area contributed by atoms with Crippen LogP contribution in [-0.2, 0) is 9.73 Å². The van der Waals surface area contributed by atoms with Crippen LogP contribution >= 0.6 is 11.6 Å². The molecule has 3 nitrogen and oxygen atoms in total. The maximum absolute atomic E-state index is 11.9. The third-order valence-corrected chi connectivity index (χ3v) is 5.33. The molecule has 1 aliphatic rings. The van der Waals surface area contributed by atoms with Crippen molar-refractivity contribution in [2.45, 2.75) is 26.2 Å². The van der Waals surface area contributed by atoms with Crippen LogP contribution in [-0.4, -0.2) is 20.7 Å². The van der Waals surface area contributed by atoms with Crippen molar-refractivity contribution in [2.24, 2.45) is 4.36 Å². The highest BCUT2D eigenvalue weighted by Crippen LogP contribution is 2.29. The van der Waals surface area contributed by atoms with Crippen molar-refractivity contribution < 1.29 is 4.21 Å². The van der Waals surface area contributed by atoms with Crippen molar-refractivity contribution in [3.05, 3.63) is 22.8 Å². The molecule has 1 fully saturated rings. The first-order valence-corrected chi connectivity index (χ1v) is 7.61. The van der Waals surface area contributed by atoms with E-state index in [1.807, 2.05) is 6.07 Å². The molecule has 5 heteroatoms. The van der Waals surface area contributed by atoms with Crippen LogP contribution in [0.1, 0.15) is 31.7 Å². The Labute approximate surface area is 101 Å². The van der Waals surface area contributed by atoms with Gasteiger partial charge in [0.2, 0.25) is 0 Å². The molecular weight excluding hydrogens is 244 g/mol. The van der Waals surface area contributed by atoms with Crippen LogP contribution in [0.15, 0.2) is 16.6 Å². The summed E-state index contributed by atoms with van der Waals surface area (Å²) in [7, 11) is -2.02. The van der Waals surface area contributed by atoms with E-state index in [1.165, 1.54) is 0 Å². The first-order chi connectivity index (χ1) is 7.50. The molecule has 1 aliphatic heterocycles. The summed E-state index contributed by atoms with van der Waals surface area (Å²) in [6.07, 6.45) is 2.75. The molecule has 0 aliphatic carbocycles. The molecule has 0 aromatic carbocycles. The molecule has 16 heavy (non-hydrogen) atoms. The summed E-state index contributed by atoms with van der Waals surface area (Å²) >= 11 is 6.08. The molecule has 2 rings (SSSR count). The molecule has 2 heterocycles. The largest absolute Gasteiger partial charge is 0.249 e. The molecule has 1 aromatic rings. The summed E-state index contributed by atoms with van der Waals surface area (Å²) in [5.41, 5.74) is 1.08. The van der Waals surface area contributed by atoms with Gasteiger partial charge >= 0.3 is 0 Å². The predicted octanol–water partition coefficient (Wildman–Crippen LogP) is 3.36. The summed E-state index contributed by atoms with van der Waals surface area (Å²) in [5.74, 6) is 2.17. The molecule has 0 radical (unpaired) electrons. The van der Waals surface area contributed by atoms with E-state index in [1.54, 1.807) is 6.20 Å². The number of nitrogens with zero attached hydrogens (tertiary/aromatic N) is 2. The average Bonchev–Trinajstić information content (AvgIpc) is 2.18. The summed E-state index contributed by atoms with van der Waals surface area (Å²) in [4.78, 5) is 4.19. The highest BCUT2D eigenvalue weighted by molar-refractivity contribution is 7.95. The lowest BCUT2D eigenvalue weighted by Crippen LogP contribution is -2.23. The first-order valence-electron chi connectivity index (χ1n) is 5.38. The van der Waals surface area contributed by atoms with Crippen LogP contribution < -0.4 is 0 Å². The lowest BCUT2D eigenvalue weighted by molar-refractivity contribution is 0.663. The van der Waals surface area contributed by atoms with Gasteiger partial charge < -0.3 is 0 Å². The quantitative estimate of drug-likeness (QED) is 0.816. The minimum atomic E-state index is -2.02. The van der Waals surface area contributed by atoms with E-state index in [4.69, 9.17) is 11.6 Å². The van der Waals surface area contributed by atoms with Gasteiger partial charge in [-0.15, -0.1) is 0 Å². The SMILES string of the molecule is CC(C)c1cnc(N=S2(=O)CCC2)c(Cl)c1. The van der Waals surface area contributed by atoms with E-state index < -0.39 is 9.73 Å². The third kappa shape index (κ3) is 2.38. The normalized spacial score (nSPS) is 18.2. The van der Waals surface area contributed by atoms with E-state index in [2.05, 4.69) is 23.2 Å². The van der Waals surface area contributed by atoms with Gasteiger partial charge in [-0.2, -0.15) is 4.36 Å². The minimum Gasteiger partial charge on any atom is -0.249 e. The van der Waals surface area contributed by atoms with Crippen molar-refractivity contribution in [3.63, 3.8) is 0 Å². The van der Waals surface area contributed by atoms with Gasteiger partial charge in [-0.25, -0.2) is 9.19 Å². The lowest BCUT2D eigenvalue weighted by Gasteiger charge is -2.17. The van der Waals surface area contributed by atoms with Gasteiger partial charge in [-0.3, -0.25) is 0 Å². The van der Waals surface area contributed by atoms with E-state index in [9.17, 15) is 4.21 Å². The molecule has 0 bridgehead atoms. The Balaban J connectivity index is 2.37. The summed E-state index contributed by atoms with van der Waals surface area (Å²) in [5, 5.41) is 0.501. The Kier molecular flexibility index (Phi) is 3.22. The van der Waals surface area contributed by atoms with Gasteiger partial charge in [0.15, 0.2) is 5.82 Å². The molecule has 88 valence electrons. The summed E-state index contributed by atoms with van der Waals surface area (Å²) in [6.45, 7) is 4.16. The standard InChI is InChI=1S/C11H15ClN2OS/c1-8(2)9-6-10(12)11(13-7-9)14-16(15)4-3-5-16/h6-8H,3-5H2,1-2H3. The van der Waals surface area contributed by atoms with Crippen LogP contribution in [0, 0.1) is 0 Å². The zero-order valence-electron chi connectivity index (χ0n) is 9.44. The molecule has 0 atom stereocenters. The second kappa shape index (κ2) is 4.34. The Hall–Kier alpha value is -0.610. The molecule has 1 saturated heterocycles. The topological polar surface area (TPSA) is 42.3 Å². The van der Waals surface area contributed by atoms with Crippen LogP contribution in [0.3, 0.4) is 0 Å². The average molecular weight is 259 g/mol. The number of hydrogen-bond donors (Lipinski definition) is 0. The molecule has 0 unspecified atom stereocenters. The van der Waals surface area contributed by atoms with Gasteiger partial charge in [-0.05, 0) is 24.0 Å². The van der Waals surface area contributed by atoms with Crippen LogP contribution in [0.5, 0.6) is 0 Å². The monoisotopic (exact) mass is 258 g/mol. The second-order valence-corrected chi connectivity index (χ2v) is 7.31. The van der Waals surface area contributed by atoms with Gasteiger partial charge in [-0.1, -0.05) is 25.4 Å². The van der Waals surface area contributed by atoms with Gasteiger partial charge in [0.1, 0.15) is 0 Å². The van der Waals surface area contributed by atoms with Crippen molar-refractivity contribution >= 4 is 27.1 Å². The highest BCUT2D eigenvalue weighted by atomic mass is 35.5. The highest BCUT2D eigenvalue weighted by Gasteiger charge is 2.20. The fourth-order valence-electron chi connectivity index (χ4n) is 1.47. The molecule has 0 spiro atoms. The third-order valence-electron chi connectivity index (χ3n) is 2.69. The van der Waals surface area contributed by atoms with Gasteiger partial charge in [0.05, 0.1) is 14.8 Å². The number of aromatic nitrogens is 1. The van der Waals surface area contributed by atoms with Gasteiger partial charge in [0, 0.05) is 17.7 Å². The molecule has 1 aromatic heterocycles. The Bertz CT molecular complexity index is 509. The zero-order valence-corrected chi connectivity index (χ0v) is 11.0. The Morgan fingerprint density at radius 2 is 2.19 bits per heavy atom. The molecule has 0 amide bonds. The maximum Gasteiger partial charge on any atom is 0.180 e. The first kappa shape index (κ1) is 11.9. The smallest absolute Gasteiger partial charge is 0.180 e. The van der Waals surface area contributed by atoms with E-state index in [-0.39, 0.29) is 0 Å². The number of hydrogen-bond acceptors (Lipinski definition) is 3. The summed E-state index contributed by atoms with van der Waals surface area (Å²) in [6, 6.07) is 1.86. The van der Waals surface area contributed by atoms with Crippen molar-refractivity contribution in [2.75, 3.05) is 11.5 Å². The number of rotatable bonds is 2. The minimum absolute atomic E-state index is 0.385. The van der Waals surface area contributed by atoms with E-state index in [0.29, 0.717) is 28.3 Å². The second-order valence-electron chi connectivity index (χ2n) is 4.35. The van der Waals surface area contributed by atoms with Gasteiger partial charge in [0.25, 0.3) is 0 Å². The predicted molar refractivity (Wildman–Crippen MR) is 67.9 cm³/mol. The van der Waals surface area contributed by atoms with E-state index in [0.717, 1.165) is 12.0 Å². The molecule has 0 N–H and O–H groups in total. The van der Waals surface area contributed by atoms with E-state index >= 15 is 0 Å². The van der Waals surface area contributed by atoms with Crippen molar-refractivity contribution in [3.8, 4) is 0 Å². The molecular formula is C11H15ClN2OS. The Morgan fingerprint density at radius 3 is 2.62 bits per heavy atom. The fourth-order valence-corrected chi connectivity index (χ4v) is 3.16. The fraction of sp³-hybridized carbons (Fsp3) is 0.545. The maximum atomic E-state index is 11.9. The Morgan fingerprint density at radius 1 is 1.50 bits per heavy atom. The van der Waals surface area contributed by atoms with Crippen molar-refractivity contribution in [1.82, 2.24) is 4.98 Å². The number of pyridine rings is 1. The number of halogens is 1. The zero-order chi connectivity index (χ0) is 11.8. The van der Waals surface area contributed by atoms with Crippen LogP contribution in [0.25, 0.3) is 0 Å². The van der Waals surface area contributed by atoms with Crippen LogP contribution in [0.2, 0.25) is 5.02 Å². The van der Waals surface area contributed by atoms with Crippen molar-refractivity contribution in [1.29, 1.82) is 0 Å².